The van der Waals surface area contributed by atoms with E-state index in [0.29, 0.717) is 5.92 Å². The third kappa shape index (κ3) is 2.77. The van der Waals surface area contributed by atoms with Gasteiger partial charge in [-0.3, -0.25) is 0 Å². The van der Waals surface area contributed by atoms with Gasteiger partial charge in [0.15, 0.2) is 11.6 Å². The third-order valence-corrected chi connectivity index (χ3v) is 3.73. The number of aliphatic hydroxyl groups is 1. The summed E-state index contributed by atoms with van der Waals surface area (Å²) in [7, 11) is 0. The molecule has 0 atom stereocenters. The zero-order valence-corrected chi connectivity index (χ0v) is 10.4. The quantitative estimate of drug-likeness (QED) is 0.874. The molecule has 0 bridgehead atoms. The molecule has 1 aliphatic carbocycles. The Morgan fingerprint density at radius 3 is 2.67 bits per heavy atom. The van der Waals surface area contributed by atoms with Crippen molar-refractivity contribution in [2.24, 2.45) is 5.92 Å². The van der Waals surface area contributed by atoms with Gasteiger partial charge in [-0.25, -0.2) is 13.8 Å². The largest absolute Gasteiger partial charge is 0.394 e. The van der Waals surface area contributed by atoms with Crippen LogP contribution in [0.2, 0.25) is 0 Å². The molecule has 0 spiro atoms. The number of hydrogen-bond donors (Lipinski definition) is 2. The van der Waals surface area contributed by atoms with Crippen LogP contribution in [0.3, 0.4) is 0 Å². The van der Waals surface area contributed by atoms with Crippen LogP contribution in [0.15, 0.2) is 12.3 Å². The maximum Gasteiger partial charge on any atom is 0.168 e. The van der Waals surface area contributed by atoms with Crippen molar-refractivity contribution < 1.29 is 13.9 Å². The number of pyridine rings is 1. The van der Waals surface area contributed by atoms with Gasteiger partial charge in [0.1, 0.15) is 5.82 Å². The Labute approximate surface area is 105 Å². The van der Waals surface area contributed by atoms with Crippen LogP contribution >= 0.6 is 0 Å². The lowest BCUT2D eigenvalue weighted by Crippen LogP contribution is -2.45. The van der Waals surface area contributed by atoms with E-state index in [9.17, 15) is 13.9 Å². The molecule has 5 heteroatoms. The molecule has 1 aliphatic rings. The Morgan fingerprint density at radius 2 is 2.11 bits per heavy atom. The van der Waals surface area contributed by atoms with Gasteiger partial charge in [0, 0.05) is 6.07 Å². The highest BCUT2D eigenvalue weighted by atomic mass is 19.1. The van der Waals surface area contributed by atoms with Gasteiger partial charge in [0.25, 0.3) is 0 Å². The summed E-state index contributed by atoms with van der Waals surface area (Å²) in [4.78, 5) is 3.71. The van der Waals surface area contributed by atoms with Crippen molar-refractivity contribution in [2.45, 2.75) is 38.1 Å². The number of aromatic nitrogens is 1. The Bertz CT molecular complexity index is 417. The molecule has 0 amide bonds. The van der Waals surface area contributed by atoms with E-state index in [1.54, 1.807) is 0 Å². The van der Waals surface area contributed by atoms with Gasteiger partial charge >= 0.3 is 0 Å². The minimum atomic E-state index is -0.721. The first-order valence-corrected chi connectivity index (χ1v) is 6.25. The zero-order chi connectivity index (χ0) is 13.2. The van der Waals surface area contributed by atoms with Crippen molar-refractivity contribution in [3.05, 3.63) is 23.9 Å². The summed E-state index contributed by atoms with van der Waals surface area (Å²) in [6.45, 7) is 2.09. The molecule has 0 radical (unpaired) electrons. The van der Waals surface area contributed by atoms with E-state index in [0.717, 1.165) is 37.9 Å². The average Bonchev–Trinajstić information content (AvgIpc) is 2.36. The molecule has 1 aromatic rings. The molecule has 100 valence electrons. The van der Waals surface area contributed by atoms with E-state index in [-0.39, 0.29) is 12.4 Å². The number of halogens is 2. The van der Waals surface area contributed by atoms with E-state index in [1.807, 2.05) is 0 Å². The van der Waals surface area contributed by atoms with E-state index in [4.69, 9.17) is 0 Å². The summed E-state index contributed by atoms with van der Waals surface area (Å²) in [5.74, 6) is -0.785. The smallest absolute Gasteiger partial charge is 0.168 e. The molecule has 0 unspecified atom stereocenters. The van der Waals surface area contributed by atoms with E-state index < -0.39 is 17.2 Å². The Balaban J connectivity index is 2.15. The monoisotopic (exact) mass is 256 g/mol. The van der Waals surface area contributed by atoms with Crippen molar-refractivity contribution in [1.82, 2.24) is 4.98 Å². The van der Waals surface area contributed by atoms with Gasteiger partial charge < -0.3 is 10.4 Å². The summed E-state index contributed by atoms with van der Waals surface area (Å²) < 4.78 is 26.3. The first-order chi connectivity index (χ1) is 8.54. The number of nitrogens with one attached hydrogen (secondary N) is 1. The number of anilines is 1. The standard InChI is InChI=1S/C13H18F2N2O/c1-9-2-4-13(8-18,5-3-9)17-12-11(15)6-10(14)7-16-12/h6-7,9,18H,2-5,8H2,1H3,(H,16,17). The minimum Gasteiger partial charge on any atom is -0.394 e. The lowest BCUT2D eigenvalue weighted by atomic mass is 9.77. The van der Waals surface area contributed by atoms with Crippen LogP contribution in [0.1, 0.15) is 32.6 Å². The SMILES string of the molecule is CC1CCC(CO)(Nc2ncc(F)cc2F)CC1. The molecule has 18 heavy (non-hydrogen) atoms. The second-order valence-electron chi connectivity index (χ2n) is 5.23. The van der Waals surface area contributed by atoms with Gasteiger partial charge in [0.05, 0.1) is 18.3 Å². The maximum atomic E-state index is 13.5. The predicted octanol–water partition coefficient (Wildman–Crippen LogP) is 2.71. The molecule has 2 rings (SSSR count). The minimum absolute atomic E-state index is 0.0139. The number of aliphatic hydroxyl groups excluding tert-OH is 1. The average molecular weight is 256 g/mol. The van der Waals surface area contributed by atoms with Crippen LogP contribution in [-0.2, 0) is 0 Å². The second-order valence-corrected chi connectivity index (χ2v) is 5.23. The molecule has 2 N–H and O–H groups in total. The highest BCUT2D eigenvalue weighted by Gasteiger charge is 2.34. The summed E-state index contributed by atoms with van der Waals surface area (Å²) >= 11 is 0. The van der Waals surface area contributed by atoms with Crippen molar-refractivity contribution in [3.63, 3.8) is 0 Å². The summed E-state index contributed by atoms with van der Waals surface area (Å²) in [5.41, 5.74) is -0.530. The molecule has 0 saturated heterocycles. The number of nitrogens with zero attached hydrogens (tertiary/aromatic N) is 1. The summed E-state index contributed by atoms with van der Waals surface area (Å²) in [6, 6.07) is 0.797. The van der Waals surface area contributed by atoms with Crippen molar-refractivity contribution in [3.8, 4) is 0 Å². The molecular formula is C13H18F2N2O. The fraction of sp³-hybridized carbons (Fsp3) is 0.615. The first-order valence-electron chi connectivity index (χ1n) is 6.25. The summed E-state index contributed by atoms with van der Waals surface area (Å²) in [6.07, 6.45) is 4.47. The molecule has 3 nitrogen and oxygen atoms in total. The van der Waals surface area contributed by atoms with Crippen molar-refractivity contribution in [2.75, 3.05) is 11.9 Å². The van der Waals surface area contributed by atoms with E-state index in [1.165, 1.54) is 0 Å². The van der Waals surface area contributed by atoms with Crippen molar-refractivity contribution >= 4 is 5.82 Å². The van der Waals surface area contributed by atoms with Gasteiger partial charge in [-0.1, -0.05) is 6.92 Å². The van der Waals surface area contributed by atoms with Crippen LogP contribution in [0.5, 0.6) is 0 Å². The van der Waals surface area contributed by atoms with Gasteiger partial charge in [-0.2, -0.15) is 0 Å². The third-order valence-electron chi connectivity index (χ3n) is 3.73. The lowest BCUT2D eigenvalue weighted by Gasteiger charge is -2.39. The normalized spacial score (nSPS) is 28.1. The van der Waals surface area contributed by atoms with Crippen LogP contribution in [0, 0.1) is 17.6 Å². The van der Waals surface area contributed by atoms with E-state index >= 15 is 0 Å². The summed E-state index contributed by atoms with van der Waals surface area (Å²) in [5, 5.41) is 12.5. The van der Waals surface area contributed by atoms with Crippen LogP contribution in [-0.4, -0.2) is 22.2 Å². The molecule has 0 aromatic carbocycles. The molecular weight excluding hydrogens is 238 g/mol. The van der Waals surface area contributed by atoms with Crippen molar-refractivity contribution in [1.29, 1.82) is 0 Å². The fourth-order valence-electron chi connectivity index (χ4n) is 2.40. The first kappa shape index (κ1) is 13.2. The maximum absolute atomic E-state index is 13.5. The van der Waals surface area contributed by atoms with Crippen LogP contribution in [0.4, 0.5) is 14.6 Å². The topological polar surface area (TPSA) is 45.1 Å². The van der Waals surface area contributed by atoms with Crippen LogP contribution in [0.25, 0.3) is 0 Å². The molecule has 1 aromatic heterocycles. The lowest BCUT2D eigenvalue weighted by molar-refractivity contribution is 0.154. The molecule has 1 fully saturated rings. The Kier molecular flexibility index (Phi) is 3.80. The van der Waals surface area contributed by atoms with Crippen LogP contribution < -0.4 is 5.32 Å². The highest BCUT2D eigenvalue weighted by Crippen LogP contribution is 2.34. The van der Waals surface area contributed by atoms with Gasteiger partial charge in [-0.05, 0) is 31.6 Å². The number of hydrogen-bond acceptors (Lipinski definition) is 3. The van der Waals surface area contributed by atoms with E-state index in [2.05, 4.69) is 17.2 Å². The second kappa shape index (κ2) is 5.18. The Hall–Kier alpha value is -1.23. The highest BCUT2D eigenvalue weighted by molar-refractivity contribution is 5.39. The Morgan fingerprint density at radius 1 is 1.44 bits per heavy atom. The predicted molar refractivity (Wildman–Crippen MR) is 65.2 cm³/mol. The zero-order valence-electron chi connectivity index (χ0n) is 10.4. The molecule has 1 heterocycles. The molecule has 0 aliphatic heterocycles. The molecule has 1 saturated carbocycles. The fourth-order valence-corrected chi connectivity index (χ4v) is 2.40. The number of rotatable bonds is 3. The van der Waals surface area contributed by atoms with Gasteiger partial charge in [-0.15, -0.1) is 0 Å². The van der Waals surface area contributed by atoms with Gasteiger partial charge in [0.2, 0.25) is 0 Å².